The highest BCUT2D eigenvalue weighted by Crippen LogP contribution is 2.19. The highest BCUT2D eigenvalue weighted by Gasteiger charge is 2.09. The molecular weight excluding hydrogens is 210 g/mol. The van der Waals surface area contributed by atoms with Crippen LogP contribution in [0.1, 0.15) is 16.8 Å². The lowest BCUT2D eigenvalue weighted by Crippen LogP contribution is -2.17. The van der Waals surface area contributed by atoms with Crippen molar-refractivity contribution in [2.45, 2.75) is 6.42 Å². The van der Waals surface area contributed by atoms with Crippen molar-refractivity contribution in [3.63, 3.8) is 0 Å². The van der Waals surface area contributed by atoms with E-state index >= 15 is 0 Å². The molecule has 0 aliphatic carbocycles. The number of benzene rings is 1. The topological polar surface area (TPSA) is 118 Å². The van der Waals surface area contributed by atoms with Crippen LogP contribution in [0.3, 0.4) is 0 Å². The molecule has 0 aliphatic heterocycles. The average Bonchev–Trinajstić information content (AvgIpc) is 2.16. The summed E-state index contributed by atoms with van der Waals surface area (Å²) in [7, 11) is 0. The first kappa shape index (κ1) is 11.8. The number of amides is 1. The third kappa shape index (κ3) is 3.16. The molecule has 1 aromatic rings. The van der Waals surface area contributed by atoms with Gasteiger partial charge in [-0.15, -0.1) is 0 Å². The molecule has 0 atom stereocenters. The van der Waals surface area contributed by atoms with Gasteiger partial charge in [0.15, 0.2) is 0 Å². The molecule has 0 spiro atoms. The van der Waals surface area contributed by atoms with E-state index < -0.39 is 11.9 Å². The summed E-state index contributed by atoms with van der Waals surface area (Å²) in [5.74, 6) is -1.50. The molecule has 0 aromatic heterocycles. The molecule has 1 aromatic carbocycles. The Kier molecular flexibility index (Phi) is 3.71. The van der Waals surface area contributed by atoms with E-state index in [0.29, 0.717) is 11.4 Å². The predicted molar refractivity (Wildman–Crippen MR) is 60.1 cm³/mol. The maximum absolute atomic E-state index is 10.9. The van der Waals surface area contributed by atoms with E-state index in [-0.39, 0.29) is 18.5 Å². The van der Waals surface area contributed by atoms with Gasteiger partial charge in [0.2, 0.25) is 5.91 Å². The van der Waals surface area contributed by atoms with Gasteiger partial charge in [-0.3, -0.25) is 4.79 Å². The van der Waals surface area contributed by atoms with Gasteiger partial charge in [-0.1, -0.05) is 0 Å². The van der Waals surface area contributed by atoms with Gasteiger partial charge in [0.1, 0.15) is 0 Å². The third-order valence-electron chi connectivity index (χ3n) is 1.96. The van der Waals surface area contributed by atoms with Gasteiger partial charge in [-0.25, -0.2) is 4.79 Å². The van der Waals surface area contributed by atoms with Gasteiger partial charge < -0.3 is 21.9 Å². The van der Waals surface area contributed by atoms with Crippen LogP contribution in [-0.4, -0.2) is 23.5 Å². The molecule has 0 saturated carbocycles. The third-order valence-corrected chi connectivity index (χ3v) is 1.96. The smallest absolute Gasteiger partial charge is 0.337 e. The molecule has 0 unspecified atom stereocenters. The van der Waals surface area contributed by atoms with E-state index in [2.05, 4.69) is 5.32 Å². The number of nitrogen functional groups attached to an aromatic ring is 1. The second-order valence-corrected chi connectivity index (χ2v) is 3.25. The molecule has 0 radical (unpaired) electrons. The number of aromatic carboxylic acids is 1. The van der Waals surface area contributed by atoms with Crippen molar-refractivity contribution >= 4 is 23.3 Å². The maximum atomic E-state index is 10.9. The zero-order valence-corrected chi connectivity index (χ0v) is 8.56. The molecule has 6 N–H and O–H groups in total. The van der Waals surface area contributed by atoms with E-state index in [9.17, 15) is 9.59 Å². The van der Waals surface area contributed by atoms with Crippen molar-refractivity contribution < 1.29 is 14.7 Å². The fourth-order valence-electron chi connectivity index (χ4n) is 1.21. The van der Waals surface area contributed by atoms with Crippen LogP contribution in [0, 0.1) is 0 Å². The molecule has 0 aliphatic rings. The van der Waals surface area contributed by atoms with E-state index in [1.807, 2.05) is 0 Å². The molecular formula is C10H13N3O3. The first-order valence-corrected chi connectivity index (χ1v) is 4.65. The molecule has 1 rings (SSSR count). The fraction of sp³-hybridized carbons (Fsp3) is 0.200. The molecule has 6 nitrogen and oxygen atoms in total. The van der Waals surface area contributed by atoms with Gasteiger partial charge in [0.05, 0.1) is 11.3 Å². The zero-order valence-electron chi connectivity index (χ0n) is 8.56. The zero-order chi connectivity index (χ0) is 12.1. The highest BCUT2D eigenvalue weighted by atomic mass is 16.4. The molecule has 6 heteroatoms. The van der Waals surface area contributed by atoms with Crippen LogP contribution >= 0.6 is 0 Å². The summed E-state index contributed by atoms with van der Waals surface area (Å²) in [4.78, 5) is 21.4. The monoisotopic (exact) mass is 223 g/mol. The van der Waals surface area contributed by atoms with Crippen molar-refractivity contribution in [1.82, 2.24) is 0 Å². The Labute approximate surface area is 92.2 Å². The number of nitrogens with one attached hydrogen (secondary N) is 1. The van der Waals surface area contributed by atoms with Gasteiger partial charge in [-0.2, -0.15) is 0 Å². The summed E-state index contributed by atoms with van der Waals surface area (Å²) in [6.45, 7) is 0.277. The van der Waals surface area contributed by atoms with Crippen LogP contribution in [0.5, 0.6) is 0 Å². The van der Waals surface area contributed by atoms with Crippen molar-refractivity contribution in [3.8, 4) is 0 Å². The summed E-state index contributed by atoms with van der Waals surface area (Å²) in [6.07, 6.45) is 0.133. The summed E-state index contributed by atoms with van der Waals surface area (Å²) in [5.41, 5.74) is 11.4. The van der Waals surface area contributed by atoms with Gasteiger partial charge in [-0.05, 0) is 18.2 Å². The van der Waals surface area contributed by atoms with E-state index in [4.69, 9.17) is 16.6 Å². The fourth-order valence-corrected chi connectivity index (χ4v) is 1.21. The summed E-state index contributed by atoms with van der Waals surface area (Å²) >= 11 is 0. The van der Waals surface area contributed by atoms with Crippen LogP contribution in [0.25, 0.3) is 0 Å². The van der Waals surface area contributed by atoms with Crippen molar-refractivity contribution in [2.24, 2.45) is 5.73 Å². The normalized spacial score (nSPS) is 9.75. The van der Waals surface area contributed by atoms with Crippen LogP contribution in [0.4, 0.5) is 11.4 Å². The van der Waals surface area contributed by atoms with E-state index in [0.717, 1.165) is 0 Å². The Morgan fingerprint density at radius 1 is 1.38 bits per heavy atom. The Hall–Kier alpha value is -2.24. The lowest BCUT2D eigenvalue weighted by molar-refractivity contribution is -0.117. The lowest BCUT2D eigenvalue weighted by Gasteiger charge is -2.09. The second-order valence-electron chi connectivity index (χ2n) is 3.25. The number of carboxylic acid groups (broad SMARTS) is 1. The number of anilines is 2. The van der Waals surface area contributed by atoms with Crippen LogP contribution in [0.15, 0.2) is 18.2 Å². The number of primary amides is 1. The first-order chi connectivity index (χ1) is 7.50. The van der Waals surface area contributed by atoms with E-state index in [1.165, 1.54) is 18.2 Å². The predicted octanol–water partition coefficient (Wildman–Crippen LogP) is 0.254. The van der Waals surface area contributed by atoms with Crippen molar-refractivity contribution in [2.75, 3.05) is 17.6 Å². The van der Waals surface area contributed by atoms with E-state index in [1.54, 1.807) is 0 Å². The largest absolute Gasteiger partial charge is 0.478 e. The second kappa shape index (κ2) is 5.01. The summed E-state index contributed by atoms with van der Waals surface area (Å²) in [5, 5.41) is 11.7. The molecule has 0 heterocycles. The average molecular weight is 223 g/mol. The minimum Gasteiger partial charge on any atom is -0.478 e. The number of carbonyl (C=O) groups excluding carboxylic acids is 1. The number of carbonyl (C=O) groups is 2. The summed E-state index contributed by atoms with van der Waals surface area (Å²) in [6, 6.07) is 4.41. The quantitative estimate of drug-likeness (QED) is 0.534. The van der Waals surface area contributed by atoms with Gasteiger partial charge >= 0.3 is 5.97 Å². The van der Waals surface area contributed by atoms with Crippen LogP contribution in [0.2, 0.25) is 0 Å². The number of carboxylic acids is 1. The first-order valence-electron chi connectivity index (χ1n) is 4.65. The SMILES string of the molecule is NC(=O)CCNc1cc(N)ccc1C(=O)O. The molecule has 16 heavy (non-hydrogen) atoms. The maximum Gasteiger partial charge on any atom is 0.337 e. The minimum atomic E-state index is -1.05. The lowest BCUT2D eigenvalue weighted by atomic mass is 10.1. The Bertz CT molecular complexity index is 418. The highest BCUT2D eigenvalue weighted by molar-refractivity contribution is 5.95. The molecule has 1 amide bonds. The van der Waals surface area contributed by atoms with Crippen molar-refractivity contribution in [3.05, 3.63) is 23.8 Å². The number of hydrogen-bond donors (Lipinski definition) is 4. The molecule has 86 valence electrons. The van der Waals surface area contributed by atoms with Gasteiger partial charge in [0.25, 0.3) is 0 Å². The number of nitrogens with two attached hydrogens (primary N) is 2. The van der Waals surface area contributed by atoms with Crippen LogP contribution in [-0.2, 0) is 4.79 Å². The number of hydrogen-bond acceptors (Lipinski definition) is 4. The molecule has 0 fully saturated rings. The molecule has 0 saturated heterocycles. The van der Waals surface area contributed by atoms with Crippen LogP contribution < -0.4 is 16.8 Å². The van der Waals surface area contributed by atoms with Gasteiger partial charge in [0, 0.05) is 18.7 Å². The minimum absolute atomic E-state index is 0.110. The number of rotatable bonds is 5. The Balaban J connectivity index is 2.80. The standard InChI is InChI=1S/C10H13N3O3/c11-6-1-2-7(10(15)16)8(5-6)13-4-3-9(12)14/h1-2,5,13H,3-4,11H2,(H2,12,14)(H,15,16). The van der Waals surface area contributed by atoms with Crippen molar-refractivity contribution in [1.29, 1.82) is 0 Å². The Morgan fingerprint density at radius 3 is 2.62 bits per heavy atom. The molecule has 0 bridgehead atoms. The summed E-state index contributed by atoms with van der Waals surface area (Å²) < 4.78 is 0. The Morgan fingerprint density at radius 2 is 2.06 bits per heavy atom.